The lowest BCUT2D eigenvalue weighted by molar-refractivity contribution is 1.03. The van der Waals surface area contributed by atoms with Crippen molar-refractivity contribution in [3.05, 3.63) is 100 Å². The summed E-state index contributed by atoms with van der Waals surface area (Å²) in [6.07, 6.45) is 2.54. The molecular formula is C24H25N3. The molecule has 0 spiro atoms. The van der Waals surface area contributed by atoms with Crippen LogP contribution in [0.1, 0.15) is 39.2 Å². The van der Waals surface area contributed by atoms with E-state index >= 15 is 0 Å². The van der Waals surface area contributed by atoms with Crippen LogP contribution in [0, 0.1) is 20.8 Å². The molecule has 0 fully saturated rings. The van der Waals surface area contributed by atoms with Gasteiger partial charge in [-0.3, -0.25) is 9.98 Å². The summed E-state index contributed by atoms with van der Waals surface area (Å²) in [5, 5.41) is 0. The zero-order valence-corrected chi connectivity index (χ0v) is 16.2. The van der Waals surface area contributed by atoms with Crippen LogP contribution in [-0.2, 0) is 6.42 Å². The van der Waals surface area contributed by atoms with E-state index in [0.29, 0.717) is 11.4 Å². The molecule has 0 unspecified atom stereocenters. The minimum absolute atomic E-state index is 0.623. The number of nitrogen functional groups attached to an aromatic ring is 1. The van der Waals surface area contributed by atoms with Crippen LogP contribution in [-0.4, -0.2) is 11.2 Å². The van der Waals surface area contributed by atoms with E-state index in [-0.39, 0.29) is 0 Å². The molecule has 0 bridgehead atoms. The van der Waals surface area contributed by atoms with E-state index in [1.165, 1.54) is 22.3 Å². The van der Waals surface area contributed by atoms with Gasteiger partial charge in [0.15, 0.2) is 0 Å². The Labute approximate surface area is 161 Å². The number of nitrogens with zero attached hydrogens (tertiary/aromatic N) is 2. The highest BCUT2D eigenvalue weighted by Crippen LogP contribution is 2.21. The fraction of sp³-hybridized carbons (Fsp3) is 0.167. The van der Waals surface area contributed by atoms with Gasteiger partial charge in [-0.15, -0.1) is 0 Å². The summed E-state index contributed by atoms with van der Waals surface area (Å²) in [6, 6.07) is 18.1. The largest absolute Gasteiger partial charge is 0.398 e. The second kappa shape index (κ2) is 8.00. The highest BCUT2D eigenvalue weighted by atomic mass is 14.8. The van der Waals surface area contributed by atoms with E-state index in [4.69, 9.17) is 10.7 Å². The molecule has 0 saturated heterocycles. The molecule has 1 heterocycles. The molecule has 3 heteroatoms. The molecule has 0 radical (unpaired) electrons. The molecule has 0 aliphatic heterocycles. The van der Waals surface area contributed by atoms with Crippen LogP contribution in [0.25, 0.3) is 5.70 Å². The molecule has 0 amide bonds. The summed E-state index contributed by atoms with van der Waals surface area (Å²) >= 11 is 0. The van der Waals surface area contributed by atoms with Gasteiger partial charge in [0, 0.05) is 29.6 Å². The van der Waals surface area contributed by atoms with E-state index < -0.39 is 0 Å². The van der Waals surface area contributed by atoms with Crippen LogP contribution in [0.4, 0.5) is 5.69 Å². The molecule has 1 aromatic heterocycles. The monoisotopic (exact) mass is 355 g/mol. The zero-order valence-electron chi connectivity index (χ0n) is 16.2. The molecule has 0 aliphatic carbocycles. The van der Waals surface area contributed by atoms with Crippen molar-refractivity contribution in [1.82, 2.24) is 4.98 Å². The fourth-order valence-corrected chi connectivity index (χ4v) is 3.25. The van der Waals surface area contributed by atoms with Crippen molar-refractivity contribution >= 4 is 17.6 Å². The third kappa shape index (κ3) is 4.50. The first kappa shape index (κ1) is 18.6. The highest BCUT2D eigenvalue weighted by molar-refractivity contribution is 5.89. The van der Waals surface area contributed by atoms with Gasteiger partial charge in [0.2, 0.25) is 0 Å². The molecule has 136 valence electrons. The number of para-hydroxylation sites is 1. The fourth-order valence-electron chi connectivity index (χ4n) is 3.25. The summed E-state index contributed by atoms with van der Waals surface area (Å²) in [5.74, 6) is 0. The van der Waals surface area contributed by atoms with Gasteiger partial charge in [-0.1, -0.05) is 48.5 Å². The van der Waals surface area contributed by atoms with Crippen molar-refractivity contribution in [3.8, 4) is 0 Å². The van der Waals surface area contributed by atoms with Gasteiger partial charge in [-0.2, -0.15) is 0 Å². The van der Waals surface area contributed by atoms with Crippen LogP contribution in [0.3, 0.4) is 0 Å². The second-order valence-electron chi connectivity index (χ2n) is 6.90. The molecule has 3 nitrogen and oxygen atoms in total. The Morgan fingerprint density at radius 3 is 2.44 bits per heavy atom. The summed E-state index contributed by atoms with van der Waals surface area (Å²) in [7, 11) is 0. The quantitative estimate of drug-likeness (QED) is 0.501. The number of benzene rings is 2. The van der Waals surface area contributed by atoms with Gasteiger partial charge in [0.1, 0.15) is 0 Å². The number of pyridine rings is 1. The second-order valence-corrected chi connectivity index (χ2v) is 6.90. The van der Waals surface area contributed by atoms with Gasteiger partial charge in [-0.05, 0) is 55.7 Å². The predicted octanol–water partition coefficient (Wildman–Crippen LogP) is 5.27. The summed E-state index contributed by atoms with van der Waals surface area (Å²) in [4.78, 5) is 9.22. The average Bonchev–Trinajstić information content (AvgIpc) is 2.64. The first-order valence-electron chi connectivity index (χ1n) is 9.04. The van der Waals surface area contributed by atoms with Crippen LogP contribution in [0.2, 0.25) is 0 Å². The standard InChI is InChI=1S/C24H25N3/c1-16-12-17(2)22(18(3)13-16)14-21-9-7-11-24(27-21)19(4)26-15-20-8-5-6-10-23(20)25/h5-13,15H,4,14,25H2,1-3H3. The lowest BCUT2D eigenvalue weighted by Gasteiger charge is -2.12. The Morgan fingerprint density at radius 1 is 1.04 bits per heavy atom. The Kier molecular flexibility index (Phi) is 5.51. The number of aromatic nitrogens is 1. The van der Waals surface area contributed by atoms with E-state index in [2.05, 4.69) is 50.5 Å². The molecule has 2 N–H and O–H groups in total. The lowest BCUT2D eigenvalue weighted by atomic mass is 9.96. The normalized spacial score (nSPS) is 11.1. The topological polar surface area (TPSA) is 51.3 Å². The van der Waals surface area contributed by atoms with Gasteiger partial charge < -0.3 is 5.73 Å². The number of nitrogens with two attached hydrogens (primary N) is 1. The number of hydrogen-bond acceptors (Lipinski definition) is 3. The van der Waals surface area contributed by atoms with Gasteiger partial charge in [-0.25, -0.2) is 0 Å². The maximum atomic E-state index is 5.96. The molecule has 27 heavy (non-hydrogen) atoms. The van der Waals surface area contributed by atoms with Crippen LogP contribution < -0.4 is 5.73 Å². The Bertz CT molecular complexity index is 993. The predicted molar refractivity (Wildman–Crippen MR) is 115 cm³/mol. The van der Waals surface area contributed by atoms with Crippen molar-refractivity contribution in [2.75, 3.05) is 5.73 Å². The summed E-state index contributed by atoms with van der Waals surface area (Å²) in [5.41, 5.74) is 15.2. The summed E-state index contributed by atoms with van der Waals surface area (Å²) in [6.45, 7) is 10.5. The van der Waals surface area contributed by atoms with Crippen molar-refractivity contribution in [3.63, 3.8) is 0 Å². The number of hydrogen-bond donors (Lipinski definition) is 1. The van der Waals surface area contributed by atoms with Crippen molar-refractivity contribution in [1.29, 1.82) is 0 Å². The van der Waals surface area contributed by atoms with E-state index in [1.54, 1.807) is 6.21 Å². The Morgan fingerprint density at radius 2 is 1.74 bits per heavy atom. The Hall–Kier alpha value is -3.20. The van der Waals surface area contributed by atoms with Crippen LogP contribution in [0.5, 0.6) is 0 Å². The van der Waals surface area contributed by atoms with Crippen molar-refractivity contribution < 1.29 is 0 Å². The number of anilines is 1. The van der Waals surface area contributed by atoms with Gasteiger partial charge >= 0.3 is 0 Å². The average molecular weight is 355 g/mol. The smallest absolute Gasteiger partial charge is 0.0883 e. The molecular weight excluding hydrogens is 330 g/mol. The van der Waals surface area contributed by atoms with Crippen molar-refractivity contribution in [2.24, 2.45) is 4.99 Å². The molecule has 0 aliphatic rings. The van der Waals surface area contributed by atoms with E-state index in [9.17, 15) is 0 Å². The lowest BCUT2D eigenvalue weighted by Crippen LogP contribution is -2.00. The van der Waals surface area contributed by atoms with Gasteiger partial charge in [0.05, 0.1) is 11.4 Å². The van der Waals surface area contributed by atoms with E-state index in [0.717, 1.165) is 23.4 Å². The minimum Gasteiger partial charge on any atom is -0.398 e. The van der Waals surface area contributed by atoms with Crippen LogP contribution in [0.15, 0.2) is 66.2 Å². The number of aliphatic imine (C=N–C) groups is 1. The van der Waals surface area contributed by atoms with Gasteiger partial charge in [0.25, 0.3) is 0 Å². The molecule has 2 aromatic carbocycles. The Balaban J connectivity index is 1.82. The molecule has 0 saturated carbocycles. The zero-order chi connectivity index (χ0) is 19.4. The highest BCUT2D eigenvalue weighted by Gasteiger charge is 2.08. The maximum Gasteiger partial charge on any atom is 0.0883 e. The molecule has 3 rings (SSSR count). The molecule has 3 aromatic rings. The first-order chi connectivity index (χ1) is 12.9. The number of rotatable bonds is 5. The number of aryl methyl sites for hydroxylation is 3. The maximum absolute atomic E-state index is 5.96. The molecule has 0 atom stereocenters. The summed E-state index contributed by atoms with van der Waals surface area (Å²) < 4.78 is 0. The first-order valence-corrected chi connectivity index (χ1v) is 9.04. The SMILES string of the molecule is C=C(N=Cc1ccccc1N)c1cccc(Cc2c(C)cc(C)cc2C)n1. The minimum atomic E-state index is 0.623. The van der Waals surface area contributed by atoms with Crippen molar-refractivity contribution in [2.45, 2.75) is 27.2 Å². The van der Waals surface area contributed by atoms with E-state index in [1.807, 2.05) is 36.4 Å². The third-order valence-corrected chi connectivity index (χ3v) is 4.66. The van der Waals surface area contributed by atoms with Crippen LogP contribution >= 0.6 is 0 Å². The third-order valence-electron chi connectivity index (χ3n) is 4.66.